The van der Waals surface area contributed by atoms with E-state index in [9.17, 15) is 0 Å². The Morgan fingerprint density at radius 1 is 1.33 bits per heavy atom. The molecule has 0 aliphatic carbocycles. The van der Waals surface area contributed by atoms with E-state index in [2.05, 4.69) is 26.1 Å². The standard InChI is InChI=1S/C10H10BrN3O/c1-6(12)9-13-14-10(15-9)7-4-2-3-5-8(7)11/h2-6H,12H2,1H3. The van der Waals surface area contributed by atoms with Gasteiger partial charge in [0.15, 0.2) is 0 Å². The van der Waals surface area contributed by atoms with Crippen LogP contribution in [0.15, 0.2) is 33.2 Å². The molecule has 2 rings (SSSR count). The normalized spacial score (nSPS) is 12.7. The monoisotopic (exact) mass is 267 g/mol. The molecule has 0 aliphatic rings. The maximum absolute atomic E-state index is 5.64. The summed E-state index contributed by atoms with van der Waals surface area (Å²) in [5.41, 5.74) is 6.51. The molecule has 0 saturated heterocycles. The van der Waals surface area contributed by atoms with Gasteiger partial charge in [0.1, 0.15) is 0 Å². The molecule has 0 bridgehead atoms. The Hall–Kier alpha value is -1.20. The third-order valence-corrected chi connectivity index (χ3v) is 2.63. The second-order valence-corrected chi connectivity index (χ2v) is 4.07. The zero-order valence-electron chi connectivity index (χ0n) is 8.14. The summed E-state index contributed by atoms with van der Waals surface area (Å²) >= 11 is 3.42. The summed E-state index contributed by atoms with van der Waals surface area (Å²) in [4.78, 5) is 0. The highest BCUT2D eigenvalue weighted by atomic mass is 79.9. The Morgan fingerprint density at radius 2 is 2.07 bits per heavy atom. The summed E-state index contributed by atoms with van der Waals surface area (Å²) in [5, 5.41) is 7.81. The van der Waals surface area contributed by atoms with Crippen LogP contribution in [0.1, 0.15) is 18.9 Å². The van der Waals surface area contributed by atoms with Gasteiger partial charge in [0.05, 0.1) is 11.6 Å². The number of benzene rings is 1. The summed E-state index contributed by atoms with van der Waals surface area (Å²) in [5.74, 6) is 0.926. The zero-order chi connectivity index (χ0) is 10.8. The number of rotatable bonds is 2. The van der Waals surface area contributed by atoms with Gasteiger partial charge in [-0.05, 0) is 35.0 Å². The van der Waals surface area contributed by atoms with Crippen LogP contribution in [0, 0.1) is 0 Å². The predicted octanol–water partition coefficient (Wildman–Crippen LogP) is 2.52. The van der Waals surface area contributed by atoms with Crippen molar-refractivity contribution in [2.24, 2.45) is 5.73 Å². The second-order valence-electron chi connectivity index (χ2n) is 3.21. The Bertz CT molecular complexity index is 467. The van der Waals surface area contributed by atoms with Gasteiger partial charge in [-0.2, -0.15) is 0 Å². The van der Waals surface area contributed by atoms with Gasteiger partial charge in [-0.15, -0.1) is 10.2 Å². The van der Waals surface area contributed by atoms with E-state index in [0.29, 0.717) is 11.8 Å². The smallest absolute Gasteiger partial charge is 0.248 e. The third-order valence-electron chi connectivity index (χ3n) is 1.93. The van der Waals surface area contributed by atoms with E-state index in [1.807, 2.05) is 24.3 Å². The van der Waals surface area contributed by atoms with Crippen LogP contribution in [-0.4, -0.2) is 10.2 Å². The predicted molar refractivity (Wildman–Crippen MR) is 60.0 cm³/mol. The molecule has 0 aliphatic heterocycles. The molecule has 4 nitrogen and oxygen atoms in total. The summed E-state index contributed by atoms with van der Waals surface area (Å²) in [6.07, 6.45) is 0. The van der Waals surface area contributed by atoms with E-state index in [1.54, 1.807) is 6.92 Å². The molecule has 0 radical (unpaired) electrons. The van der Waals surface area contributed by atoms with Crippen molar-refractivity contribution in [2.75, 3.05) is 0 Å². The lowest BCUT2D eigenvalue weighted by Gasteiger charge is -1.98. The SMILES string of the molecule is CC(N)c1nnc(-c2ccccc2Br)o1. The number of aromatic nitrogens is 2. The minimum absolute atomic E-state index is 0.242. The fraction of sp³-hybridized carbons (Fsp3) is 0.200. The van der Waals surface area contributed by atoms with Crippen LogP contribution in [0.25, 0.3) is 11.5 Å². The van der Waals surface area contributed by atoms with Gasteiger partial charge in [-0.3, -0.25) is 0 Å². The first-order valence-corrected chi connectivity index (χ1v) is 5.31. The Balaban J connectivity index is 2.42. The summed E-state index contributed by atoms with van der Waals surface area (Å²) in [6, 6.07) is 7.42. The van der Waals surface area contributed by atoms with E-state index in [0.717, 1.165) is 10.0 Å². The third kappa shape index (κ3) is 2.08. The van der Waals surface area contributed by atoms with Gasteiger partial charge < -0.3 is 10.2 Å². The molecule has 2 N–H and O–H groups in total. The molecule has 1 aromatic carbocycles. The highest BCUT2D eigenvalue weighted by Crippen LogP contribution is 2.27. The molecule has 78 valence electrons. The molecular weight excluding hydrogens is 258 g/mol. The van der Waals surface area contributed by atoms with E-state index in [-0.39, 0.29) is 6.04 Å². The molecule has 15 heavy (non-hydrogen) atoms. The summed E-state index contributed by atoms with van der Waals surface area (Å²) < 4.78 is 6.36. The van der Waals surface area contributed by atoms with E-state index in [4.69, 9.17) is 10.2 Å². The molecular formula is C10H10BrN3O. The van der Waals surface area contributed by atoms with Gasteiger partial charge in [0.25, 0.3) is 0 Å². The van der Waals surface area contributed by atoms with Crippen molar-refractivity contribution >= 4 is 15.9 Å². The first-order valence-electron chi connectivity index (χ1n) is 4.52. The number of halogens is 1. The average Bonchev–Trinajstić information content (AvgIpc) is 2.67. The molecule has 1 aromatic heterocycles. The quantitative estimate of drug-likeness (QED) is 0.908. The lowest BCUT2D eigenvalue weighted by atomic mass is 10.2. The number of hydrogen-bond acceptors (Lipinski definition) is 4. The van der Waals surface area contributed by atoms with Gasteiger partial charge in [-0.1, -0.05) is 12.1 Å². The lowest BCUT2D eigenvalue weighted by molar-refractivity contribution is 0.473. The Morgan fingerprint density at radius 3 is 2.67 bits per heavy atom. The maximum atomic E-state index is 5.64. The molecule has 1 heterocycles. The van der Waals surface area contributed by atoms with Gasteiger partial charge in [-0.25, -0.2) is 0 Å². The minimum Gasteiger partial charge on any atom is -0.419 e. The van der Waals surface area contributed by atoms with Crippen molar-refractivity contribution in [1.29, 1.82) is 0 Å². The highest BCUT2D eigenvalue weighted by Gasteiger charge is 2.12. The number of nitrogens with two attached hydrogens (primary N) is 1. The molecule has 5 heteroatoms. The molecule has 1 atom stereocenters. The molecule has 0 saturated carbocycles. The van der Waals surface area contributed by atoms with Crippen LogP contribution >= 0.6 is 15.9 Å². The van der Waals surface area contributed by atoms with E-state index in [1.165, 1.54) is 0 Å². The minimum atomic E-state index is -0.242. The van der Waals surface area contributed by atoms with Crippen molar-refractivity contribution in [3.05, 3.63) is 34.6 Å². The van der Waals surface area contributed by atoms with E-state index >= 15 is 0 Å². The molecule has 0 spiro atoms. The summed E-state index contributed by atoms with van der Waals surface area (Å²) in [6.45, 7) is 1.80. The molecule has 0 fully saturated rings. The Kier molecular flexibility index (Phi) is 2.83. The fourth-order valence-electron chi connectivity index (χ4n) is 1.16. The van der Waals surface area contributed by atoms with Crippen LogP contribution in [0.3, 0.4) is 0 Å². The Labute approximate surface area is 95.6 Å². The van der Waals surface area contributed by atoms with E-state index < -0.39 is 0 Å². The molecule has 2 aromatic rings. The first-order chi connectivity index (χ1) is 7.18. The number of nitrogens with zero attached hydrogens (tertiary/aromatic N) is 2. The van der Waals surface area contributed by atoms with Gasteiger partial charge in [0.2, 0.25) is 11.8 Å². The van der Waals surface area contributed by atoms with Crippen LogP contribution in [-0.2, 0) is 0 Å². The lowest BCUT2D eigenvalue weighted by Crippen LogP contribution is -2.04. The van der Waals surface area contributed by atoms with Gasteiger partial charge in [0, 0.05) is 4.47 Å². The first kappa shape index (κ1) is 10.3. The van der Waals surface area contributed by atoms with Crippen LogP contribution < -0.4 is 5.73 Å². The topological polar surface area (TPSA) is 64.9 Å². The largest absolute Gasteiger partial charge is 0.419 e. The van der Waals surface area contributed by atoms with Crippen molar-refractivity contribution in [3.63, 3.8) is 0 Å². The maximum Gasteiger partial charge on any atom is 0.248 e. The van der Waals surface area contributed by atoms with Gasteiger partial charge >= 0.3 is 0 Å². The van der Waals surface area contributed by atoms with Crippen molar-refractivity contribution in [2.45, 2.75) is 13.0 Å². The van der Waals surface area contributed by atoms with Crippen molar-refractivity contribution in [1.82, 2.24) is 10.2 Å². The highest BCUT2D eigenvalue weighted by molar-refractivity contribution is 9.10. The second kappa shape index (κ2) is 4.12. The van der Waals surface area contributed by atoms with Crippen molar-refractivity contribution in [3.8, 4) is 11.5 Å². The number of hydrogen-bond donors (Lipinski definition) is 1. The fourth-order valence-corrected chi connectivity index (χ4v) is 1.62. The zero-order valence-corrected chi connectivity index (χ0v) is 9.73. The summed E-state index contributed by atoms with van der Waals surface area (Å²) in [7, 11) is 0. The molecule has 0 amide bonds. The molecule has 1 unspecified atom stereocenters. The van der Waals surface area contributed by atoms with Crippen molar-refractivity contribution < 1.29 is 4.42 Å². The van der Waals surface area contributed by atoms with Crippen LogP contribution in [0.5, 0.6) is 0 Å². The van der Waals surface area contributed by atoms with Crippen LogP contribution in [0.2, 0.25) is 0 Å². The average molecular weight is 268 g/mol. The van der Waals surface area contributed by atoms with Crippen LogP contribution in [0.4, 0.5) is 0 Å².